The van der Waals surface area contributed by atoms with Gasteiger partial charge in [-0.25, -0.2) is 4.39 Å². The van der Waals surface area contributed by atoms with E-state index in [9.17, 15) is 4.39 Å². The summed E-state index contributed by atoms with van der Waals surface area (Å²) >= 11 is 0. The zero-order chi connectivity index (χ0) is 9.26. The minimum atomic E-state index is -0.245. The summed E-state index contributed by atoms with van der Waals surface area (Å²) in [6.45, 7) is 3.79. The summed E-state index contributed by atoms with van der Waals surface area (Å²) in [5.74, 6) is -0.245. The van der Waals surface area contributed by atoms with Crippen molar-refractivity contribution < 1.29 is 4.39 Å². The van der Waals surface area contributed by atoms with Gasteiger partial charge in [0.15, 0.2) is 0 Å². The number of H-pyrrole nitrogens is 1. The van der Waals surface area contributed by atoms with Crippen molar-refractivity contribution in [2.75, 3.05) is 0 Å². The number of benzene rings is 1. The van der Waals surface area contributed by atoms with E-state index in [1.807, 2.05) is 0 Å². The van der Waals surface area contributed by atoms with Gasteiger partial charge in [-0.15, -0.1) is 0 Å². The van der Waals surface area contributed by atoms with Crippen LogP contribution in [0.3, 0.4) is 0 Å². The molecule has 13 heavy (non-hydrogen) atoms. The molecule has 65 valence electrons. The van der Waals surface area contributed by atoms with Crippen molar-refractivity contribution in [3.05, 3.63) is 48.8 Å². The molecular formula is C10H8FN2. The summed E-state index contributed by atoms with van der Waals surface area (Å²) in [4.78, 5) is 0. The fourth-order valence-corrected chi connectivity index (χ4v) is 1.17. The molecule has 3 heteroatoms. The standard InChI is InChI=1S/C10H8FN2/c1-7-6-12-13-10(7)8-2-4-9(11)5-3-8/h2-6H,1H2,(H,12,13). The molecule has 1 aromatic carbocycles. The molecule has 0 spiro atoms. The highest BCUT2D eigenvalue weighted by Gasteiger charge is 2.03. The van der Waals surface area contributed by atoms with E-state index < -0.39 is 0 Å². The first-order valence-corrected chi connectivity index (χ1v) is 3.89. The average Bonchev–Trinajstić information content (AvgIpc) is 2.53. The zero-order valence-electron chi connectivity index (χ0n) is 6.92. The maximum absolute atomic E-state index is 12.6. The van der Waals surface area contributed by atoms with E-state index in [1.165, 1.54) is 12.1 Å². The van der Waals surface area contributed by atoms with E-state index in [2.05, 4.69) is 17.1 Å². The van der Waals surface area contributed by atoms with Crippen LogP contribution in [0.5, 0.6) is 0 Å². The average molecular weight is 175 g/mol. The molecule has 0 amide bonds. The van der Waals surface area contributed by atoms with Crippen molar-refractivity contribution in [1.82, 2.24) is 10.2 Å². The summed E-state index contributed by atoms with van der Waals surface area (Å²) in [6.07, 6.45) is 1.71. The minimum Gasteiger partial charge on any atom is -0.285 e. The minimum absolute atomic E-state index is 0.245. The first-order chi connectivity index (χ1) is 6.27. The number of nitrogens with zero attached hydrogens (tertiary/aromatic N) is 1. The third-order valence-corrected chi connectivity index (χ3v) is 1.84. The van der Waals surface area contributed by atoms with Crippen LogP contribution in [0.1, 0.15) is 5.56 Å². The quantitative estimate of drug-likeness (QED) is 0.708. The number of hydrogen-bond acceptors (Lipinski definition) is 1. The first kappa shape index (κ1) is 7.98. The number of hydrogen-bond donors (Lipinski definition) is 1. The highest BCUT2D eigenvalue weighted by atomic mass is 19.1. The second kappa shape index (κ2) is 3.01. The monoisotopic (exact) mass is 175 g/mol. The Morgan fingerprint density at radius 1 is 1.23 bits per heavy atom. The van der Waals surface area contributed by atoms with Crippen molar-refractivity contribution in [1.29, 1.82) is 0 Å². The summed E-state index contributed by atoms with van der Waals surface area (Å²) < 4.78 is 12.6. The maximum Gasteiger partial charge on any atom is 0.123 e. The van der Waals surface area contributed by atoms with Gasteiger partial charge in [0.05, 0.1) is 5.69 Å². The van der Waals surface area contributed by atoms with Crippen LogP contribution in [0.2, 0.25) is 0 Å². The third kappa shape index (κ3) is 1.45. The molecule has 0 bridgehead atoms. The number of aromatic nitrogens is 2. The van der Waals surface area contributed by atoms with E-state index >= 15 is 0 Å². The van der Waals surface area contributed by atoms with Crippen molar-refractivity contribution in [2.45, 2.75) is 0 Å². The molecule has 0 aliphatic heterocycles. The Kier molecular flexibility index (Phi) is 1.85. The van der Waals surface area contributed by atoms with E-state index in [-0.39, 0.29) is 5.82 Å². The Labute approximate surface area is 75.4 Å². The smallest absolute Gasteiger partial charge is 0.123 e. The van der Waals surface area contributed by atoms with Gasteiger partial charge in [-0.3, -0.25) is 5.10 Å². The Hall–Kier alpha value is -1.64. The second-order valence-corrected chi connectivity index (χ2v) is 2.77. The molecule has 0 aliphatic rings. The predicted octanol–water partition coefficient (Wildman–Crippen LogP) is 2.40. The maximum atomic E-state index is 12.6. The highest BCUT2D eigenvalue weighted by molar-refractivity contribution is 5.63. The Balaban J connectivity index is 2.47. The van der Waals surface area contributed by atoms with Crippen LogP contribution in [0.4, 0.5) is 4.39 Å². The number of rotatable bonds is 1. The van der Waals surface area contributed by atoms with Gasteiger partial charge in [0.1, 0.15) is 5.82 Å². The number of aromatic amines is 1. The molecule has 0 aliphatic carbocycles. The van der Waals surface area contributed by atoms with E-state index in [4.69, 9.17) is 0 Å². The molecule has 2 aromatic rings. The molecule has 0 saturated heterocycles. The SMILES string of the molecule is [CH2]c1c[nH]nc1-c1ccc(F)cc1. The lowest BCUT2D eigenvalue weighted by Crippen LogP contribution is -1.81. The van der Waals surface area contributed by atoms with Gasteiger partial charge in [0.25, 0.3) is 0 Å². The van der Waals surface area contributed by atoms with Gasteiger partial charge in [0.2, 0.25) is 0 Å². The van der Waals surface area contributed by atoms with Crippen molar-refractivity contribution >= 4 is 0 Å². The Morgan fingerprint density at radius 3 is 2.46 bits per heavy atom. The molecule has 1 N–H and O–H groups in total. The van der Waals surface area contributed by atoms with Crippen molar-refractivity contribution in [3.8, 4) is 11.3 Å². The molecule has 0 fully saturated rings. The number of halogens is 1. The first-order valence-electron chi connectivity index (χ1n) is 3.89. The molecular weight excluding hydrogens is 167 g/mol. The topological polar surface area (TPSA) is 28.7 Å². The molecule has 0 unspecified atom stereocenters. The van der Waals surface area contributed by atoms with Gasteiger partial charge in [-0.05, 0) is 36.8 Å². The lowest BCUT2D eigenvalue weighted by atomic mass is 10.1. The zero-order valence-corrected chi connectivity index (χ0v) is 6.92. The third-order valence-electron chi connectivity index (χ3n) is 1.84. The van der Waals surface area contributed by atoms with Crippen molar-refractivity contribution in [2.24, 2.45) is 0 Å². The van der Waals surface area contributed by atoms with E-state index in [0.717, 1.165) is 16.8 Å². The molecule has 0 atom stereocenters. The fraction of sp³-hybridized carbons (Fsp3) is 0. The predicted molar refractivity (Wildman–Crippen MR) is 48.4 cm³/mol. The lowest BCUT2D eigenvalue weighted by Gasteiger charge is -1.96. The molecule has 1 heterocycles. The van der Waals surface area contributed by atoms with Crippen LogP contribution in [0.25, 0.3) is 11.3 Å². The van der Waals surface area contributed by atoms with Crippen LogP contribution in [0.15, 0.2) is 30.5 Å². The van der Waals surface area contributed by atoms with Gasteiger partial charge < -0.3 is 0 Å². The molecule has 2 rings (SSSR count). The summed E-state index contributed by atoms with van der Waals surface area (Å²) in [6, 6.07) is 6.17. The number of nitrogens with one attached hydrogen (secondary N) is 1. The van der Waals surface area contributed by atoms with Gasteiger partial charge in [-0.2, -0.15) is 5.10 Å². The van der Waals surface area contributed by atoms with Crippen LogP contribution in [0, 0.1) is 12.7 Å². The normalized spacial score (nSPS) is 10.3. The van der Waals surface area contributed by atoms with Gasteiger partial charge >= 0.3 is 0 Å². The summed E-state index contributed by atoms with van der Waals surface area (Å²) in [5.41, 5.74) is 2.44. The van der Waals surface area contributed by atoms with Crippen LogP contribution < -0.4 is 0 Å². The molecule has 2 nitrogen and oxygen atoms in total. The largest absolute Gasteiger partial charge is 0.285 e. The van der Waals surface area contributed by atoms with Crippen LogP contribution in [-0.2, 0) is 0 Å². The lowest BCUT2D eigenvalue weighted by molar-refractivity contribution is 0.628. The van der Waals surface area contributed by atoms with Crippen LogP contribution in [-0.4, -0.2) is 10.2 Å². The molecule has 0 saturated carbocycles. The Morgan fingerprint density at radius 2 is 1.92 bits per heavy atom. The van der Waals surface area contributed by atoms with Crippen LogP contribution >= 0.6 is 0 Å². The second-order valence-electron chi connectivity index (χ2n) is 2.77. The Bertz CT molecular complexity index is 403. The summed E-state index contributed by atoms with van der Waals surface area (Å²) in [7, 11) is 0. The molecule has 1 radical (unpaired) electrons. The van der Waals surface area contributed by atoms with Gasteiger partial charge in [-0.1, -0.05) is 0 Å². The molecule has 1 aromatic heterocycles. The van der Waals surface area contributed by atoms with Crippen molar-refractivity contribution in [3.63, 3.8) is 0 Å². The van der Waals surface area contributed by atoms with Gasteiger partial charge in [0, 0.05) is 11.8 Å². The van der Waals surface area contributed by atoms with E-state index in [0.29, 0.717) is 0 Å². The summed E-state index contributed by atoms with van der Waals surface area (Å²) in [5, 5.41) is 6.71. The highest BCUT2D eigenvalue weighted by Crippen LogP contribution is 2.19. The fourth-order valence-electron chi connectivity index (χ4n) is 1.17. The van der Waals surface area contributed by atoms with E-state index in [1.54, 1.807) is 18.3 Å².